The zero-order chi connectivity index (χ0) is 21.5. The van der Waals surface area contributed by atoms with E-state index in [-0.39, 0.29) is 11.7 Å². The topological polar surface area (TPSA) is 30.0 Å². The number of Topliss-reactive ketones (excluding diaryl/α,β-unsaturated/α-hetero) is 1. The summed E-state index contributed by atoms with van der Waals surface area (Å²) < 4.78 is 13.9. The molecule has 2 fully saturated rings. The Kier molecular flexibility index (Phi) is 5.56. The average molecular weight is 436 g/mol. The molecule has 0 amide bonds. The molecule has 160 valence electrons. The largest absolute Gasteiger partial charge is 0.299 e. The predicted molar refractivity (Wildman–Crippen MR) is 123 cm³/mol. The van der Waals surface area contributed by atoms with Crippen LogP contribution in [0.25, 0.3) is 10.9 Å². The Morgan fingerprint density at radius 3 is 2.48 bits per heavy atom. The molecular formula is C27H27ClFNO. The molecule has 2 nitrogen and oxygen atoms in total. The van der Waals surface area contributed by atoms with Crippen molar-refractivity contribution in [3.8, 4) is 0 Å². The third-order valence-electron chi connectivity index (χ3n) is 7.74. The lowest BCUT2D eigenvalue weighted by Gasteiger charge is -2.21. The van der Waals surface area contributed by atoms with Crippen molar-refractivity contribution >= 4 is 28.3 Å². The number of aromatic nitrogens is 1. The van der Waals surface area contributed by atoms with Crippen molar-refractivity contribution in [3.05, 3.63) is 76.7 Å². The maximum absolute atomic E-state index is 13.9. The number of carbonyl (C=O) groups excluding carboxylic acids is 1. The molecule has 2 saturated carbocycles. The summed E-state index contributed by atoms with van der Waals surface area (Å²) in [6, 6.07) is 14.6. The maximum atomic E-state index is 13.9. The van der Waals surface area contributed by atoms with Gasteiger partial charge in [0.15, 0.2) is 0 Å². The molecule has 1 heterocycles. The smallest absolute Gasteiger partial charge is 0.140 e. The molecule has 0 N–H and O–H groups in total. The Hall–Kier alpha value is -2.26. The quantitative estimate of drug-likeness (QED) is 0.432. The van der Waals surface area contributed by atoms with E-state index in [9.17, 15) is 9.18 Å². The zero-order valence-electron chi connectivity index (χ0n) is 17.7. The second-order valence-electron chi connectivity index (χ2n) is 9.54. The normalized spacial score (nSPS) is 26.2. The molecule has 31 heavy (non-hydrogen) atoms. The number of rotatable bonds is 5. The van der Waals surface area contributed by atoms with E-state index in [0.29, 0.717) is 40.9 Å². The molecule has 5 rings (SSSR count). The Balaban J connectivity index is 1.24. The first-order valence-corrected chi connectivity index (χ1v) is 11.7. The van der Waals surface area contributed by atoms with Gasteiger partial charge in [-0.15, -0.1) is 0 Å². The van der Waals surface area contributed by atoms with Crippen molar-refractivity contribution in [3.63, 3.8) is 0 Å². The van der Waals surface area contributed by atoms with E-state index < -0.39 is 0 Å². The molecule has 2 aliphatic carbocycles. The lowest BCUT2D eigenvalue weighted by molar-refractivity contribution is -0.123. The fourth-order valence-electron chi connectivity index (χ4n) is 6.05. The van der Waals surface area contributed by atoms with E-state index >= 15 is 0 Å². The minimum atomic E-state index is -0.201. The minimum Gasteiger partial charge on any atom is -0.299 e. The van der Waals surface area contributed by atoms with Crippen molar-refractivity contribution in [2.75, 3.05) is 0 Å². The summed E-state index contributed by atoms with van der Waals surface area (Å²) in [5.41, 5.74) is 3.15. The number of ketones is 1. The van der Waals surface area contributed by atoms with Crippen LogP contribution in [-0.4, -0.2) is 10.8 Å². The number of hydrogen-bond donors (Lipinski definition) is 0. The summed E-state index contributed by atoms with van der Waals surface area (Å²) in [6.07, 6.45) is 6.87. The number of pyridine rings is 1. The van der Waals surface area contributed by atoms with Crippen molar-refractivity contribution in [2.45, 2.75) is 44.9 Å². The molecule has 3 aromatic rings. The lowest BCUT2D eigenvalue weighted by atomic mass is 9.83. The second-order valence-corrected chi connectivity index (χ2v) is 9.98. The fraction of sp³-hybridized carbons (Fsp3) is 0.407. The first kappa shape index (κ1) is 20.6. The van der Waals surface area contributed by atoms with Crippen molar-refractivity contribution in [1.29, 1.82) is 0 Å². The average Bonchev–Trinajstić information content (AvgIpc) is 3.33. The van der Waals surface area contributed by atoms with Gasteiger partial charge < -0.3 is 0 Å². The highest BCUT2D eigenvalue weighted by atomic mass is 35.5. The van der Waals surface area contributed by atoms with Gasteiger partial charge in [-0.3, -0.25) is 9.78 Å². The molecule has 0 radical (unpaired) electrons. The van der Waals surface area contributed by atoms with Crippen LogP contribution in [0, 0.1) is 29.5 Å². The van der Waals surface area contributed by atoms with E-state index in [1.54, 1.807) is 12.1 Å². The van der Waals surface area contributed by atoms with E-state index in [2.05, 4.69) is 18.0 Å². The van der Waals surface area contributed by atoms with Crippen LogP contribution in [-0.2, 0) is 11.2 Å². The SMILES string of the molecule is C[C@@H](C(=O)Cc1ccc(Cl)cc1)C1C[C@H]2CC(c3ccnc4ccc(F)cc34)C[C@H]2C1. The summed E-state index contributed by atoms with van der Waals surface area (Å²) in [5.74, 6) is 2.49. The van der Waals surface area contributed by atoms with Gasteiger partial charge in [-0.2, -0.15) is 0 Å². The van der Waals surface area contributed by atoms with Crippen LogP contribution in [0.2, 0.25) is 5.02 Å². The van der Waals surface area contributed by atoms with Gasteiger partial charge in [-0.1, -0.05) is 30.7 Å². The molecule has 1 aromatic heterocycles. The van der Waals surface area contributed by atoms with Gasteiger partial charge in [0.05, 0.1) is 5.52 Å². The fourth-order valence-corrected chi connectivity index (χ4v) is 6.17. The highest BCUT2D eigenvalue weighted by Crippen LogP contribution is 2.54. The Morgan fingerprint density at radius 2 is 1.77 bits per heavy atom. The van der Waals surface area contributed by atoms with Crippen LogP contribution in [0.5, 0.6) is 0 Å². The summed E-state index contributed by atoms with van der Waals surface area (Å²) in [4.78, 5) is 17.3. The van der Waals surface area contributed by atoms with E-state index in [0.717, 1.165) is 42.1 Å². The monoisotopic (exact) mass is 435 g/mol. The van der Waals surface area contributed by atoms with Crippen molar-refractivity contribution in [1.82, 2.24) is 4.98 Å². The van der Waals surface area contributed by atoms with Crippen LogP contribution >= 0.6 is 11.6 Å². The Labute approximate surface area is 187 Å². The minimum absolute atomic E-state index is 0.0931. The molecule has 2 aliphatic rings. The van der Waals surface area contributed by atoms with E-state index in [1.165, 1.54) is 11.6 Å². The van der Waals surface area contributed by atoms with E-state index in [1.807, 2.05) is 30.5 Å². The molecular weight excluding hydrogens is 409 g/mol. The first-order valence-electron chi connectivity index (χ1n) is 11.3. The second kappa shape index (κ2) is 8.35. The molecule has 0 aliphatic heterocycles. The van der Waals surface area contributed by atoms with Crippen LogP contribution in [0.15, 0.2) is 54.7 Å². The maximum Gasteiger partial charge on any atom is 0.140 e. The van der Waals surface area contributed by atoms with Gasteiger partial charge >= 0.3 is 0 Å². The van der Waals surface area contributed by atoms with Gasteiger partial charge in [0.25, 0.3) is 0 Å². The molecule has 4 heteroatoms. The number of benzene rings is 2. The third kappa shape index (κ3) is 4.13. The molecule has 0 saturated heterocycles. The van der Waals surface area contributed by atoms with Crippen molar-refractivity contribution < 1.29 is 9.18 Å². The number of hydrogen-bond acceptors (Lipinski definition) is 2. The van der Waals surface area contributed by atoms with Crippen LogP contribution in [0.3, 0.4) is 0 Å². The molecule has 0 bridgehead atoms. The summed E-state index contributed by atoms with van der Waals surface area (Å²) >= 11 is 5.96. The summed E-state index contributed by atoms with van der Waals surface area (Å²) in [5, 5.41) is 1.66. The number of carbonyl (C=O) groups is 1. The van der Waals surface area contributed by atoms with Crippen LogP contribution in [0.4, 0.5) is 4.39 Å². The van der Waals surface area contributed by atoms with Gasteiger partial charge in [0, 0.05) is 28.9 Å². The highest BCUT2D eigenvalue weighted by Gasteiger charge is 2.44. The van der Waals surface area contributed by atoms with Gasteiger partial charge in [-0.25, -0.2) is 4.39 Å². The summed E-state index contributed by atoms with van der Waals surface area (Å²) in [7, 11) is 0. The van der Waals surface area contributed by atoms with Crippen molar-refractivity contribution in [2.24, 2.45) is 23.7 Å². The molecule has 2 aromatic carbocycles. The van der Waals surface area contributed by atoms with Gasteiger partial charge in [-0.05, 0) is 96.9 Å². The predicted octanol–water partition coefficient (Wildman–Crippen LogP) is 7.00. The summed E-state index contributed by atoms with van der Waals surface area (Å²) in [6.45, 7) is 2.11. The van der Waals surface area contributed by atoms with Crippen LogP contribution in [0.1, 0.15) is 49.7 Å². The highest BCUT2D eigenvalue weighted by molar-refractivity contribution is 6.30. The number of fused-ring (bicyclic) bond motifs is 2. The molecule has 5 atom stereocenters. The zero-order valence-corrected chi connectivity index (χ0v) is 18.5. The molecule has 2 unspecified atom stereocenters. The standard InChI is InChI=1S/C27H27ClFNO/c1-16(27(31)10-17-2-4-22(28)5-3-17)18-11-19-13-21(14-20(19)12-18)24-8-9-30-26-7-6-23(29)15-25(24)26/h2-9,15-16,18-21H,10-14H2,1H3/t16-,18?,19-,20+,21?/m1/s1. The number of nitrogens with zero attached hydrogens (tertiary/aromatic N) is 1. The van der Waals surface area contributed by atoms with Gasteiger partial charge in [0.2, 0.25) is 0 Å². The van der Waals surface area contributed by atoms with E-state index in [4.69, 9.17) is 11.6 Å². The lowest BCUT2D eigenvalue weighted by Crippen LogP contribution is -2.21. The Bertz CT molecular complexity index is 1100. The molecule has 0 spiro atoms. The first-order chi connectivity index (χ1) is 15.0. The third-order valence-corrected chi connectivity index (χ3v) is 7.99. The number of halogens is 2. The Morgan fingerprint density at radius 1 is 1.06 bits per heavy atom. The van der Waals surface area contributed by atoms with Crippen LogP contribution < -0.4 is 0 Å². The van der Waals surface area contributed by atoms with Gasteiger partial charge in [0.1, 0.15) is 11.6 Å².